The van der Waals surface area contributed by atoms with Gasteiger partial charge in [0.05, 0.1) is 12.1 Å². The Labute approximate surface area is 190 Å². The van der Waals surface area contributed by atoms with Gasteiger partial charge in [-0.1, -0.05) is 36.4 Å². The SMILES string of the molecule is COCCOc1ccc(-c2ccc(C(C)(C)NC(=O)O[C@@H]3CN4CCC3CC4)cc2)cc1. The smallest absolute Gasteiger partial charge is 0.408 e. The van der Waals surface area contributed by atoms with Crippen LogP contribution in [0.4, 0.5) is 4.79 Å². The second-order valence-corrected chi connectivity index (χ2v) is 9.27. The Bertz CT molecular complexity index is 887. The Morgan fingerprint density at radius 2 is 1.62 bits per heavy atom. The number of fused-ring (bicyclic) bond motifs is 3. The third-order valence-electron chi connectivity index (χ3n) is 6.62. The fourth-order valence-corrected chi connectivity index (χ4v) is 4.60. The number of nitrogens with zero attached hydrogens (tertiary/aromatic N) is 1. The predicted molar refractivity (Wildman–Crippen MR) is 125 cm³/mol. The summed E-state index contributed by atoms with van der Waals surface area (Å²) < 4.78 is 16.4. The number of hydrogen-bond donors (Lipinski definition) is 1. The van der Waals surface area contributed by atoms with Crippen LogP contribution in [0.1, 0.15) is 32.3 Å². The number of hydrogen-bond acceptors (Lipinski definition) is 5. The van der Waals surface area contributed by atoms with Gasteiger partial charge >= 0.3 is 6.09 Å². The van der Waals surface area contributed by atoms with Crippen molar-refractivity contribution >= 4 is 6.09 Å². The monoisotopic (exact) mass is 438 g/mol. The lowest BCUT2D eigenvalue weighted by atomic mass is 9.86. The summed E-state index contributed by atoms with van der Waals surface area (Å²) in [6.45, 7) is 8.25. The van der Waals surface area contributed by atoms with Crippen LogP contribution in [0.25, 0.3) is 11.1 Å². The molecule has 1 N–H and O–H groups in total. The maximum Gasteiger partial charge on any atom is 0.408 e. The third kappa shape index (κ3) is 5.43. The highest BCUT2D eigenvalue weighted by molar-refractivity contribution is 5.69. The summed E-state index contributed by atoms with van der Waals surface area (Å²) in [6, 6.07) is 16.3. The molecule has 0 radical (unpaired) electrons. The second-order valence-electron chi connectivity index (χ2n) is 9.27. The van der Waals surface area contributed by atoms with E-state index in [4.69, 9.17) is 14.2 Å². The van der Waals surface area contributed by atoms with Crippen LogP contribution < -0.4 is 10.1 Å². The van der Waals surface area contributed by atoms with Gasteiger partial charge in [0, 0.05) is 13.7 Å². The molecular weight excluding hydrogens is 404 g/mol. The minimum atomic E-state index is -0.525. The Hall–Kier alpha value is -2.57. The van der Waals surface area contributed by atoms with E-state index in [1.54, 1.807) is 7.11 Å². The highest BCUT2D eigenvalue weighted by Gasteiger charge is 2.37. The molecule has 3 fully saturated rings. The minimum absolute atomic E-state index is 0.0112. The maximum absolute atomic E-state index is 12.6. The molecule has 3 saturated heterocycles. The third-order valence-corrected chi connectivity index (χ3v) is 6.62. The summed E-state index contributed by atoms with van der Waals surface area (Å²) in [4.78, 5) is 15.0. The summed E-state index contributed by atoms with van der Waals surface area (Å²) in [5.74, 6) is 1.33. The lowest BCUT2D eigenvalue weighted by molar-refractivity contribution is -0.0349. The zero-order valence-electron chi connectivity index (χ0n) is 19.3. The molecule has 6 nitrogen and oxygen atoms in total. The van der Waals surface area contributed by atoms with Gasteiger partial charge in [0.2, 0.25) is 0 Å². The standard InChI is InChI=1S/C26H34N2O4/c1-26(2,27-25(29)32-24-18-28-14-12-21(24)13-15-28)22-8-4-19(5-9-22)20-6-10-23(11-7-20)31-17-16-30-3/h4-11,21,24H,12-18H2,1-3H3,(H,27,29)/t24-/m1/s1. The average Bonchev–Trinajstić information content (AvgIpc) is 2.80. The zero-order valence-corrected chi connectivity index (χ0v) is 19.3. The van der Waals surface area contributed by atoms with Gasteiger partial charge in [0.1, 0.15) is 18.5 Å². The van der Waals surface area contributed by atoms with Crippen molar-refractivity contribution < 1.29 is 19.0 Å². The van der Waals surface area contributed by atoms with Crippen molar-refractivity contribution in [3.05, 3.63) is 54.1 Å². The Morgan fingerprint density at radius 3 is 2.19 bits per heavy atom. The van der Waals surface area contributed by atoms with E-state index in [0.717, 1.165) is 54.9 Å². The van der Waals surface area contributed by atoms with E-state index in [2.05, 4.69) is 34.5 Å². The van der Waals surface area contributed by atoms with E-state index in [0.29, 0.717) is 19.1 Å². The first-order valence-corrected chi connectivity index (χ1v) is 11.5. The van der Waals surface area contributed by atoms with Crippen molar-refractivity contribution in [1.82, 2.24) is 10.2 Å². The summed E-state index contributed by atoms with van der Waals surface area (Å²) in [6.07, 6.45) is 1.94. The molecule has 5 rings (SSSR count). The molecule has 1 atom stereocenters. The molecule has 0 saturated carbocycles. The number of methoxy groups -OCH3 is 1. The van der Waals surface area contributed by atoms with Gasteiger partial charge < -0.3 is 19.5 Å². The molecule has 3 heterocycles. The van der Waals surface area contributed by atoms with Crippen LogP contribution in [0.2, 0.25) is 0 Å². The van der Waals surface area contributed by atoms with Crippen molar-refractivity contribution in [3.8, 4) is 16.9 Å². The number of ether oxygens (including phenoxy) is 3. The Kier molecular flexibility index (Phi) is 7.01. The minimum Gasteiger partial charge on any atom is -0.491 e. The van der Waals surface area contributed by atoms with Gasteiger partial charge in [0.15, 0.2) is 0 Å². The first kappa shape index (κ1) is 22.6. The number of piperidine rings is 3. The van der Waals surface area contributed by atoms with Crippen molar-refractivity contribution in [2.75, 3.05) is 40.0 Å². The van der Waals surface area contributed by atoms with Crippen molar-refractivity contribution in [3.63, 3.8) is 0 Å². The van der Waals surface area contributed by atoms with Crippen LogP contribution in [0.5, 0.6) is 5.75 Å². The van der Waals surface area contributed by atoms with Gasteiger partial charge in [-0.3, -0.25) is 4.90 Å². The topological polar surface area (TPSA) is 60.0 Å². The predicted octanol–water partition coefficient (Wildman–Crippen LogP) is 4.43. The van der Waals surface area contributed by atoms with Crippen LogP contribution >= 0.6 is 0 Å². The van der Waals surface area contributed by atoms with Crippen LogP contribution in [-0.2, 0) is 15.0 Å². The zero-order chi connectivity index (χ0) is 22.6. The first-order valence-electron chi connectivity index (χ1n) is 11.5. The number of amides is 1. The number of rotatable bonds is 8. The largest absolute Gasteiger partial charge is 0.491 e. The number of carbonyl (C=O) groups is 1. The van der Waals surface area contributed by atoms with Crippen LogP contribution in [0, 0.1) is 5.92 Å². The average molecular weight is 439 g/mol. The number of nitrogens with one attached hydrogen (secondary N) is 1. The number of alkyl carbamates (subject to hydrolysis) is 1. The van der Waals surface area contributed by atoms with Gasteiger partial charge in [-0.05, 0) is 74.5 Å². The highest BCUT2D eigenvalue weighted by Crippen LogP contribution is 2.30. The van der Waals surface area contributed by atoms with Crippen molar-refractivity contribution in [1.29, 1.82) is 0 Å². The number of carbonyl (C=O) groups excluding carboxylic acids is 1. The summed E-state index contributed by atoms with van der Waals surface area (Å²) in [5.41, 5.74) is 2.74. The molecule has 0 spiro atoms. The molecule has 1 amide bonds. The lowest BCUT2D eigenvalue weighted by Gasteiger charge is -2.44. The molecule has 3 aliphatic heterocycles. The van der Waals surface area contributed by atoms with E-state index >= 15 is 0 Å². The van der Waals surface area contributed by atoms with E-state index in [1.165, 1.54) is 0 Å². The lowest BCUT2D eigenvalue weighted by Crippen LogP contribution is -2.53. The van der Waals surface area contributed by atoms with Gasteiger partial charge in [-0.2, -0.15) is 0 Å². The first-order chi connectivity index (χ1) is 15.4. The van der Waals surface area contributed by atoms with Crippen molar-refractivity contribution in [2.24, 2.45) is 5.92 Å². The molecule has 6 heteroatoms. The second kappa shape index (κ2) is 9.92. The summed E-state index contributed by atoms with van der Waals surface area (Å²) >= 11 is 0. The maximum atomic E-state index is 12.6. The van der Waals surface area contributed by atoms with Crippen LogP contribution in [-0.4, -0.2) is 57.1 Å². The van der Waals surface area contributed by atoms with Crippen molar-refractivity contribution in [2.45, 2.75) is 38.3 Å². The van der Waals surface area contributed by atoms with E-state index in [-0.39, 0.29) is 12.2 Å². The van der Waals surface area contributed by atoms with Gasteiger partial charge in [-0.15, -0.1) is 0 Å². The molecule has 2 aromatic carbocycles. The molecule has 32 heavy (non-hydrogen) atoms. The molecule has 2 aromatic rings. The molecule has 0 aromatic heterocycles. The number of benzene rings is 2. The molecular formula is C26H34N2O4. The van der Waals surface area contributed by atoms with E-state index in [9.17, 15) is 4.79 Å². The molecule has 0 aliphatic carbocycles. The Morgan fingerprint density at radius 1 is 1.00 bits per heavy atom. The quantitative estimate of drug-likeness (QED) is 0.618. The van der Waals surface area contributed by atoms with Gasteiger partial charge in [0.25, 0.3) is 0 Å². The van der Waals surface area contributed by atoms with Crippen LogP contribution in [0.15, 0.2) is 48.5 Å². The van der Waals surface area contributed by atoms with Crippen LogP contribution in [0.3, 0.4) is 0 Å². The summed E-state index contributed by atoms with van der Waals surface area (Å²) in [5, 5.41) is 3.06. The van der Waals surface area contributed by atoms with E-state index in [1.807, 2.05) is 38.1 Å². The molecule has 172 valence electrons. The fraction of sp³-hybridized carbons (Fsp3) is 0.500. The molecule has 2 bridgehead atoms. The van der Waals surface area contributed by atoms with Gasteiger partial charge in [-0.25, -0.2) is 4.79 Å². The summed E-state index contributed by atoms with van der Waals surface area (Å²) in [7, 11) is 1.66. The molecule has 3 aliphatic rings. The van der Waals surface area contributed by atoms with E-state index < -0.39 is 5.54 Å². The molecule has 0 unspecified atom stereocenters. The Balaban J connectivity index is 1.34. The normalized spacial score (nSPS) is 22.4. The highest BCUT2D eigenvalue weighted by atomic mass is 16.6. The fourth-order valence-electron chi connectivity index (χ4n) is 4.60.